The molecular formula is C12H20N2O3. The minimum atomic E-state index is -0.786. The first kappa shape index (κ1) is 12.4. The molecule has 1 atom stereocenters. The third kappa shape index (κ3) is 2.77. The Bertz CT molecular complexity index is 311. The molecule has 0 radical (unpaired) electrons. The van der Waals surface area contributed by atoms with Crippen molar-refractivity contribution >= 4 is 11.9 Å². The van der Waals surface area contributed by atoms with Crippen LogP contribution in [0.25, 0.3) is 0 Å². The van der Waals surface area contributed by atoms with Crippen molar-refractivity contribution < 1.29 is 14.7 Å². The van der Waals surface area contributed by atoms with Gasteiger partial charge in [-0.2, -0.15) is 0 Å². The summed E-state index contributed by atoms with van der Waals surface area (Å²) in [5.41, 5.74) is 5.81. The van der Waals surface area contributed by atoms with Gasteiger partial charge in [-0.15, -0.1) is 0 Å². The summed E-state index contributed by atoms with van der Waals surface area (Å²) in [5, 5.41) is 8.90. The molecule has 96 valence electrons. The second-order valence-electron chi connectivity index (χ2n) is 5.22. The summed E-state index contributed by atoms with van der Waals surface area (Å²) in [6.07, 6.45) is 4.12. The Morgan fingerprint density at radius 3 is 2.24 bits per heavy atom. The van der Waals surface area contributed by atoms with Gasteiger partial charge in [-0.1, -0.05) is 0 Å². The molecule has 1 saturated carbocycles. The number of likely N-dealkylation sites (tertiary alicyclic amines) is 1. The van der Waals surface area contributed by atoms with Crippen molar-refractivity contribution in [3.63, 3.8) is 0 Å². The van der Waals surface area contributed by atoms with Crippen molar-refractivity contribution in [2.24, 2.45) is 17.6 Å². The van der Waals surface area contributed by atoms with Crippen LogP contribution >= 0.6 is 0 Å². The molecule has 1 amide bonds. The van der Waals surface area contributed by atoms with Crippen molar-refractivity contribution in [1.82, 2.24) is 4.90 Å². The monoisotopic (exact) mass is 240 g/mol. The van der Waals surface area contributed by atoms with E-state index in [0.717, 1.165) is 25.7 Å². The molecule has 17 heavy (non-hydrogen) atoms. The van der Waals surface area contributed by atoms with Gasteiger partial charge in [0.1, 0.15) is 0 Å². The second kappa shape index (κ2) is 5.04. The first-order valence-corrected chi connectivity index (χ1v) is 6.35. The zero-order valence-corrected chi connectivity index (χ0v) is 9.97. The fourth-order valence-electron chi connectivity index (χ4n) is 2.79. The van der Waals surface area contributed by atoms with E-state index in [1.54, 1.807) is 4.90 Å². The summed E-state index contributed by atoms with van der Waals surface area (Å²) in [6.45, 7) is 0.981. The van der Waals surface area contributed by atoms with E-state index in [2.05, 4.69) is 0 Å². The maximum atomic E-state index is 12.2. The van der Waals surface area contributed by atoms with E-state index in [-0.39, 0.29) is 23.8 Å². The van der Waals surface area contributed by atoms with E-state index >= 15 is 0 Å². The average molecular weight is 240 g/mol. The van der Waals surface area contributed by atoms with Gasteiger partial charge < -0.3 is 15.7 Å². The fourth-order valence-corrected chi connectivity index (χ4v) is 2.79. The molecule has 1 aliphatic carbocycles. The van der Waals surface area contributed by atoms with Crippen LogP contribution in [0.4, 0.5) is 0 Å². The summed E-state index contributed by atoms with van der Waals surface area (Å²) in [7, 11) is 0. The van der Waals surface area contributed by atoms with Crippen LogP contribution in [0.2, 0.25) is 0 Å². The third-order valence-corrected chi connectivity index (χ3v) is 3.97. The lowest BCUT2D eigenvalue weighted by atomic mass is 9.85. The van der Waals surface area contributed by atoms with Gasteiger partial charge in [-0.3, -0.25) is 9.59 Å². The molecule has 5 heteroatoms. The summed E-state index contributed by atoms with van der Waals surface area (Å²) in [5.74, 6) is -0.946. The van der Waals surface area contributed by atoms with Gasteiger partial charge in [0.2, 0.25) is 5.91 Å². The molecule has 1 saturated heterocycles. The van der Waals surface area contributed by atoms with Crippen LogP contribution in [0.3, 0.4) is 0 Å². The standard InChI is InChI=1S/C12H20N2O3/c13-10-3-1-8(2-4-10)11(15)14-6-5-9(7-14)12(16)17/h8-10H,1-7,13H2,(H,16,17). The van der Waals surface area contributed by atoms with Gasteiger partial charge in [-0.05, 0) is 32.1 Å². The lowest BCUT2D eigenvalue weighted by Crippen LogP contribution is -2.38. The number of nitrogens with zero attached hydrogens (tertiary/aromatic N) is 1. The molecule has 3 N–H and O–H groups in total. The number of nitrogens with two attached hydrogens (primary N) is 1. The molecule has 0 aromatic rings. The molecule has 2 rings (SSSR count). The van der Waals surface area contributed by atoms with E-state index in [1.807, 2.05) is 0 Å². The van der Waals surface area contributed by atoms with E-state index in [9.17, 15) is 9.59 Å². The van der Waals surface area contributed by atoms with E-state index in [1.165, 1.54) is 0 Å². The largest absolute Gasteiger partial charge is 0.481 e. The Morgan fingerprint density at radius 1 is 1.06 bits per heavy atom. The number of hydrogen-bond acceptors (Lipinski definition) is 3. The van der Waals surface area contributed by atoms with Crippen molar-refractivity contribution in [1.29, 1.82) is 0 Å². The first-order valence-electron chi connectivity index (χ1n) is 6.35. The van der Waals surface area contributed by atoms with Crippen LogP contribution in [-0.2, 0) is 9.59 Å². The molecule has 0 spiro atoms. The maximum Gasteiger partial charge on any atom is 0.308 e. The number of amides is 1. The topological polar surface area (TPSA) is 83.6 Å². The SMILES string of the molecule is NC1CCC(C(=O)N2CCC(C(=O)O)C2)CC1. The third-order valence-electron chi connectivity index (χ3n) is 3.97. The number of aliphatic carboxylic acids is 1. The highest BCUT2D eigenvalue weighted by Gasteiger charge is 2.34. The Kier molecular flexibility index (Phi) is 3.66. The van der Waals surface area contributed by atoms with E-state index in [4.69, 9.17) is 10.8 Å². The summed E-state index contributed by atoms with van der Waals surface area (Å²) in [6, 6.07) is 0.240. The molecule has 0 bridgehead atoms. The molecule has 0 aromatic carbocycles. The predicted octanol–water partition coefficient (Wildman–Crippen LogP) is 0.437. The Hall–Kier alpha value is -1.10. The van der Waals surface area contributed by atoms with Gasteiger partial charge in [0.25, 0.3) is 0 Å². The van der Waals surface area contributed by atoms with Crippen LogP contribution in [0.1, 0.15) is 32.1 Å². The molecular weight excluding hydrogens is 220 g/mol. The quantitative estimate of drug-likeness (QED) is 0.733. The van der Waals surface area contributed by atoms with Crippen LogP contribution in [-0.4, -0.2) is 41.0 Å². The zero-order chi connectivity index (χ0) is 12.4. The lowest BCUT2D eigenvalue weighted by Gasteiger charge is -2.28. The predicted molar refractivity (Wildman–Crippen MR) is 62.3 cm³/mol. The Morgan fingerprint density at radius 2 is 1.71 bits per heavy atom. The van der Waals surface area contributed by atoms with Crippen LogP contribution in [0.5, 0.6) is 0 Å². The highest BCUT2D eigenvalue weighted by Crippen LogP contribution is 2.27. The average Bonchev–Trinajstić information content (AvgIpc) is 2.78. The summed E-state index contributed by atoms with van der Waals surface area (Å²) >= 11 is 0. The number of carbonyl (C=O) groups is 2. The summed E-state index contributed by atoms with van der Waals surface area (Å²) < 4.78 is 0. The lowest BCUT2D eigenvalue weighted by molar-refractivity contribution is -0.141. The van der Waals surface area contributed by atoms with Crippen molar-refractivity contribution in [3.8, 4) is 0 Å². The van der Waals surface area contributed by atoms with Gasteiger partial charge >= 0.3 is 5.97 Å². The number of carbonyl (C=O) groups excluding carboxylic acids is 1. The van der Waals surface area contributed by atoms with Crippen molar-refractivity contribution in [2.75, 3.05) is 13.1 Å². The molecule has 0 aromatic heterocycles. The van der Waals surface area contributed by atoms with Gasteiger partial charge in [0, 0.05) is 25.0 Å². The smallest absolute Gasteiger partial charge is 0.308 e. The van der Waals surface area contributed by atoms with Crippen LogP contribution in [0.15, 0.2) is 0 Å². The second-order valence-corrected chi connectivity index (χ2v) is 5.22. The number of carboxylic acid groups (broad SMARTS) is 1. The van der Waals surface area contributed by atoms with Gasteiger partial charge in [-0.25, -0.2) is 0 Å². The number of hydrogen-bond donors (Lipinski definition) is 2. The molecule has 2 fully saturated rings. The highest BCUT2D eigenvalue weighted by molar-refractivity contribution is 5.80. The van der Waals surface area contributed by atoms with Crippen molar-refractivity contribution in [2.45, 2.75) is 38.1 Å². The van der Waals surface area contributed by atoms with E-state index < -0.39 is 5.97 Å². The summed E-state index contributed by atoms with van der Waals surface area (Å²) in [4.78, 5) is 24.7. The van der Waals surface area contributed by atoms with Crippen LogP contribution < -0.4 is 5.73 Å². The van der Waals surface area contributed by atoms with Crippen LogP contribution in [0, 0.1) is 11.8 Å². The molecule has 5 nitrogen and oxygen atoms in total. The highest BCUT2D eigenvalue weighted by atomic mass is 16.4. The number of rotatable bonds is 2. The van der Waals surface area contributed by atoms with Gasteiger partial charge in [0.05, 0.1) is 5.92 Å². The van der Waals surface area contributed by atoms with E-state index in [0.29, 0.717) is 19.5 Å². The first-order chi connectivity index (χ1) is 8.08. The minimum Gasteiger partial charge on any atom is -0.481 e. The molecule has 1 aliphatic heterocycles. The fraction of sp³-hybridized carbons (Fsp3) is 0.833. The normalized spacial score (nSPS) is 33.7. The Balaban J connectivity index is 1.86. The Labute approximate surface area is 101 Å². The zero-order valence-electron chi connectivity index (χ0n) is 9.97. The molecule has 2 aliphatic rings. The minimum absolute atomic E-state index is 0.0716. The number of carboxylic acids is 1. The molecule has 1 heterocycles. The van der Waals surface area contributed by atoms with Gasteiger partial charge in [0.15, 0.2) is 0 Å². The maximum absolute atomic E-state index is 12.2. The molecule has 1 unspecified atom stereocenters. The van der Waals surface area contributed by atoms with Crippen molar-refractivity contribution in [3.05, 3.63) is 0 Å².